The molecule has 0 aromatic rings. The molecule has 0 saturated carbocycles. The number of carbonyl (C=O) groups is 1. The standard InChI is InChI=1S/C12H12F13NO4S/c1-26(4-2-6(27)28)31(29,30)5-3-7(13,14)8(15,16)9(17,18)10(19,20)11(21,22)12(23,24)25/h2-5H2,1H3,(H,27,28). The predicted molar refractivity (Wildman–Crippen MR) is 74.1 cm³/mol. The zero-order chi connectivity index (χ0) is 25.5. The fraction of sp³-hybridized carbons (Fsp3) is 0.917. The van der Waals surface area contributed by atoms with Crippen LogP contribution in [0, 0.1) is 0 Å². The van der Waals surface area contributed by atoms with Crippen LogP contribution < -0.4 is 0 Å². The molecule has 0 aliphatic rings. The topological polar surface area (TPSA) is 74.7 Å². The van der Waals surface area contributed by atoms with E-state index in [-0.39, 0.29) is 4.31 Å². The van der Waals surface area contributed by atoms with Gasteiger partial charge < -0.3 is 5.11 Å². The molecular formula is C12H12F13NO4S. The maximum Gasteiger partial charge on any atom is 0.460 e. The van der Waals surface area contributed by atoms with E-state index in [0.717, 1.165) is 0 Å². The summed E-state index contributed by atoms with van der Waals surface area (Å²) < 4.78 is 191. The molecule has 0 atom stereocenters. The number of carboxylic acid groups (broad SMARTS) is 1. The van der Waals surface area contributed by atoms with Crippen molar-refractivity contribution in [2.24, 2.45) is 0 Å². The van der Waals surface area contributed by atoms with E-state index in [1.165, 1.54) is 0 Å². The number of carboxylic acids is 1. The zero-order valence-electron chi connectivity index (χ0n) is 14.8. The molecule has 0 bridgehead atoms. The lowest BCUT2D eigenvalue weighted by molar-refractivity contribution is -0.439. The van der Waals surface area contributed by atoms with Crippen LogP contribution in [0.15, 0.2) is 0 Å². The van der Waals surface area contributed by atoms with Gasteiger partial charge in [0.05, 0.1) is 12.2 Å². The molecule has 31 heavy (non-hydrogen) atoms. The second-order valence-corrected chi connectivity index (χ2v) is 8.23. The predicted octanol–water partition coefficient (Wildman–Crippen LogP) is 3.85. The largest absolute Gasteiger partial charge is 0.481 e. The van der Waals surface area contributed by atoms with Crippen LogP contribution in [0.1, 0.15) is 12.8 Å². The summed E-state index contributed by atoms with van der Waals surface area (Å²) in [5, 5.41) is 8.35. The maximum absolute atomic E-state index is 13.6. The molecule has 0 heterocycles. The van der Waals surface area contributed by atoms with Gasteiger partial charge in [-0.3, -0.25) is 4.79 Å². The van der Waals surface area contributed by atoms with Crippen LogP contribution in [-0.4, -0.2) is 78.9 Å². The highest BCUT2D eigenvalue weighted by Crippen LogP contribution is 2.60. The van der Waals surface area contributed by atoms with Gasteiger partial charge in [-0.05, 0) is 0 Å². The number of hydrogen-bond donors (Lipinski definition) is 1. The Bertz CT molecular complexity index is 763. The molecule has 0 amide bonds. The number of alkyl halides is 13. The third-order valence-corrected chi connectivity index (χ3v) is 5.64. The molecule has 0 radical (unpaired) electrons. The van der Waals surface area contributed by atoms with Gasteiger partial charge in [0.15, 0.2) is 0 Å². The van der Waals surface area contributed by atoms with Crippen molar-refractivity contribution >= 4 is 16.0 Å². The summed E-state index contributed by atoms with van der Waals surface area (Å²) in [5.74, 6) is -41.8. The third kappa shape index (κ3) is 5.28. The van der Waals surface area contributed by atoms with Crippen LogP contribution in [0.4, 0.5) is 57.1 Å². The van der Waals surface area contributed by atoms with Gasteiger partial charge in [0.2, 0.25) is 10.0 Å². The second kappa shape index (κ2) is 8.43. The molecule has 0 unspecified atom stereocenters. The van der Waals surface area contributed by atoms with Crippen molar-refractivity contribution in [3.05, 3.63) is 0 Å². The molecule has 0 spiro atoms. The van der Waals surface area contributed by atoms with Crippen molar-refractivity contribution < 1.29 is 75.4 Å². The molecule has 0 fully saturated rings. The molecule has 0 saturated heterocycles. The van der Waals surface area contributed by atoms with E-state index in [9.17, 15) is 70.3 Å². The monoisotopic (exact) mass is 513 g/mol. The Labute approximate surface area is 164 Å². The second-order valence-electron chi connectivity index (χ2n) is 6.03. The average molecular weight is 513 g/mol. The molecule has 0 aliphatic heterocycles. The van der Waals surface area contributed by atoms with Gasteiger partial charge in [-0.2, -0.15) is 57.1 Å². The van der Waals surface area contributed by atoms with E-state index in [1.54, 1.807) is 0 Å². The highest BCUT2D eigenvalue weighted by atomic mass is 32.2. The first kappa shape index (κ1) is 29.5. The zero-order valence-corrected chi connectivity index (χ0v) is 15.6. The van der Waals surface area contributed by atoms with E-state index in [4.69, 9.17) is 5.11 Å². The van der Waals surface area contributed by atoms with Crippen LogP contribution in [0.5, 0.6) is 0 Å². The summed E-state index contributed by atoms with van der Waals surface area (Å²) in [7, 11) is -4.54. The fourth-order valence-corrected chi connectivity index (χ4v) is 2.96. The quantitative estimate of drug-likeness (QED) is 0.426. The molecule has 0 rings (SSSR count). The van der Waals surface area contributed by atoms with Crippen molar-refractivity contribution in [1.29, 1.82) is 0 Å². The number of nitrogens with zero attached hydrogens (tertiary/aromatic N) is 1. The molecule has 0 aromatic carbocycles. The number of aliphatic carboxylic acids is 1. The summed E-state index contributed by atoms with van der Waals surface area (Å²) >= 11 is 0. The highest BCUT2D eigenvalue weighted by molar-refractivity contribution is 7.89. The van der Waals surface area contributed by atoms with Gasteiger partial charge >= 0.3 is 41.8 Å². The third-order valence-electron chi connectivity index (χ3n) is 3.79. The lowest BCUT2D eigenvalue weighted by Crippen LogP contribution is -2.70. The smallest absolute Gasteiger partial charge is 0.460 e. The summed E-state index contributed by atoms with van der Waals surface area (Å²) in [6, 6.07) is 0. The average Bonchev–Trinajstić information content (AvgIpc) is 2.56. The minimum atomic E-state index is -8.07. The Morgan fingerprint density at radius 2 is 1.16 bits per heavy atom. The van der Waals surface area contributed by atoms with Crippen molar-refractivity contribution in [3.8, 4) is 0 Å². The Morgan fingerprint density at radius 1 is 0.774 bits per heavy atom. The van der Waals surface area contributed by atoms with Gasteiger partial charge in [-0.25, -0.2) is 12.7 Å². The summed E-state index contributed by atoms with van der Waals surface area (Å²) in [4.78, 5) is 10.3. The van der Waals surface area contributed by atoms with Crippen LogP contribution in [-0.2, 0) is 14.8 Å². The van der Waals surface area contributed by atoms with Crippen LogP contribution in [0.2, 0.25) is 0 Å². The van der Waals surface area contributed by atoms with Crippen molar-refractivity contribution in [3.63, 3.8) is 0 Å². The number of sulfonamides is 1. The molecule has 0 aromatic heterocycles. The number of halogens is 13. The van der Waals surface area contributed by atoms with Crippen LogP contribution in [0.25, 0.3) is 0 Å². The molecule has 5 nitrogen and oxygen atoms in total. The molecular weight excluding hydrogens is 501 g/mol. The van der Waals surface area contributed by atoms with E-state index in [1.807, 2.05) is 0 Å². The van der Waals surface area contributed by atoms with Crippen LogP contribution >= 0.6 is 0 Å². The Hall–Kier alpha value is -1.53. The van der Waals surface area contributed by atoms with Crippen molar-refractivity contribution in [2.75, 3.05) is 19.3 Å². The van der Waals surface area contributed by atoms with E-state index in [0.29, 0.717) is 7.05 Å². The minimum absolute atomic E-state index is 0.000106. The molecule has 186 valence electrons. The summed E-state index contributed by atoms with van der Waals surface area (Å²) in [5.41, 5.74) is 0. The van der Waals surface area contributed by atoms with Crippen molar-refractivity contribution in [2.45, 2.75) is 48.6 Å². The van der Waals surface area contributed by atoms with Gasteiger partial charge in [0.25, 0.3) is 0 Å². The fourth-order valence-electron chi connectivity index (χ4n) is 1.76. The van der Waals surface area contributed by atoms with Crippen molar-refractivity contribution in [1.82, 2.24) is 4.31 Å². The number of rotatable bonds is 11. The Balaban J connectivity index is 5.90. The SMILES string of the molecule is CN(CCC(=O)O)S(=O)(=O)CCC(F)(F)C(F)(F)C(F)(F)C(F)(F)C(F)(F)C(F)(F)F. The summed E-state index contributed by atoms with van der Waals surface area (Å²) in [6.07, 6.45) is -11.4. The minimum Gasteiger partial charge on any atom is -0.481 e. The first-order valence-electron chi connectivity index (χ1n) is 7.41. The lowest BCUT2D eigenvalue weighted by Gasteiger charge is -2.39. The molecule has 19 heteroatoms. The van der Waals surface area contributed by atoms with Gasteiger partial charge in [-0.1, -0.05) is 0 Å². The Kier molecular flexibility index (Phi) is 8.02. The number of hydrogen-bond acceptors (Lipinski definition) is 3. The van der Waals surface area contributed by atoms with E-state index < -0.39 is 76.9 Å². The van der Waals surface area contributed by atoms with Gasteiger partial charge in [-0.15, -0.1) is 0 Å². The maximum atomic E-state index is 13.6. The first-order chi connectivity index (χ1) is 13.3. The van der Waals surface area contributed by atoms with E-state index >= 15 is 0 Å². The molecule has 1 N–H and O–H groups in total. The first-order valence-corrected chi connectivity index (χ1v) is 9.02. The Morgan fingerprint density at radius 3 is 1.52 bits per heavy atom. The molecule has 0 aliphatic carbocycles. The lowest BCUT2D eigenvalue weighted by atomic mass is 9.93. The highest BCUT2D eigenvalue weighted by Gasteiger charge is 2.90. The normalized spacial score (nSPS) is 15.5. The summed E-state index contributed by atoms with van der Waals surface area (Å²) in [6.45, 7) is -0.925. The van der Waals surface area contributed by atoms with Gasteiger partial charge in [0, 0.05) is 20.0 Å². The van der Waals surface area contributed by atoms with Crippen LogP contribution in [0.3, 0.4) is 0 Å². The van der Waals surface area contributed by atoms with Gasteiger partial charge in [0.1, 0.15) is 0 Å². The van der Waals surface area contributed by atoms with E-state index in [2.05, 4.69) is 0 Å².